The monoisotopic (exact) mass is 920 g/mol. The number of methoxy groups -OCH3 is 2. The van der Waals surface area contributed by atoms with Crippen LogP contribution in [0.1, 0.15) is 140 Å². The molecule has 321 valence electrons. The molecule has 0 unspecified atom stereocenters. The number of hydrogen-bond acceptors (Lipinski definition) is 5. The Morgan fingerprint density at radius 3 is 1.55 bits per heavy atom. The van der Waals surface area contributed by atoms with Crippen LogP contribution in [0.15, 0.2) is 72.8 Å². The van der Waals surface area contributed by atoms with E-state index in [2.05, 4.69) is 127 Å². The summed E-state index contributed by atoms with van der Waals surface area (Å²) in [7, 11) is 1.66. The van der Waals surface area contributed by atoms with Crippen molar-refractivity contribution in [1.29, 1.82) is 0 Å². The van der Waals surface area contributed by atoms with Crippen molar-refractivity contribution in [3.63, 3.8) is 0 Å². The minimum Gasteiger partial charge on any atom is -0.496 e. The molecule has 0 amide bonds. The minimum absolute atomic E-state index is 0.373. The fraction of sp³-hybridized carbons (Fsp3) is 0.510. The number of benzene rings is 4. The predicted molar refractivity (Wildman–Crippen MR) is 246 cm³/mol. The quantitative estimate of drug-likeness (QED) is 0.0886. The molecule has 4 aromatic carbocycles. The maximum Gasteiger partial charge on any atom is 0.261 e. The molecule has 0 heterocycles. The van der Waals surface area contributed by atoms with Crippen LogP contribution in [0.25, 0.3) is 22.3 Å². The molecule has 0 aromatic heterocycles. The second-order valence-electron chi connectivity index (χ2n) is 16.7. The van der Waals surface area contributed by atoms with Gasteiger partial charge in [-0.3, -0.25) is 4.55 Å². The van der Waals surface area contributed by atoms with Gasteiger partial charge in [-0.2, -0.15) is 8.42 Å². The molecule has 2 saturated carbocycles. The van der Waals surface area contributed by atoms with E-state index < -0.39 is 10.1 Å². The number of hydrogen-bond donors (Lipinski definition) is 2. The van der Waals surface area contributed by atoms with Gasteiger partial charge in [-0.25, -0.2) is 0 Å². The van der Waals surface area contributed by atoms with Crippen LogP contribution < -0.4 is 24.1 Å². The summed E-state index contributed by atoms with van der Waals surface area (Å²) in [5.74, 6) is 3.50. The molecule has 0 bridgehead atoms. The van der Waals surface area contributed by atoms with Crippen molar-refractivity contribution < 1.29 is 41.6 Å². The predicted octanol–water partition coefficient (Wildman–Crippen LogP) is 12.6. The molecule has 2 N–H and O–H groups in total. The third-order valence-corrected chi connectivity index (χ3v) is 15.7. The molecular weight excluding hydrogens is 852 g/mol. The van der Waals surface area contributed by atoms with E-state index in [0.717, 1.165) is 32.5 Å². The van der Waals surface area contributed by atoms with Crippen molar-refractivity contribution >= 4 is 33.1 Å². The van der Waals surface area contributed by atoms with E-state index in [1.807, 2.05) is 33.4 Å². The van der Waals surface area contributed by atoms with Crippen LogP contribution >= 0.6 is 7.92 Å². The van der Waals surface area contributed by atoms with Gasteiger partial charge in [-0.15, -0.1) is 0 Å². The van der Waals surface area contributed by atoms with Gasteiger partial charge in [-0.1, -0.05) is 100 Å². The third-order valence-electron chi connectivity index (χ3n) is 11.5. The molecule has 0 spiro atoms. The van der Waals surface area contributed by atoms with Crippen molar-refractivity contribution in [1.82, 2.24) is 0 Å². The van der Waals surface area contributed by atoms with E-state index in [9.17, 15) is 8.42 Å². The van der Waals surface area contributed by atoms with Gasteiger partial charge in [0.25, 0.3) is 10.1 Å². The fourth-order valence-electron chi connectivity index (χ4n) is 8.61. The Hall–Kier alpha value is -2.72. The van der Waals surface area contributed by atoms with Crippen molar-refractivity contribution in [3.05, 3.63) is 89.5 Å². The first-order valence-corrected chi connectivity index (χ1v) is 25.3. The van der Waals surface area contributed by atoms with E-state index in [0.29, 0.717) is 24.0 Å². The van der Waals surface area contributed by atoms with Gasteiger partial charge in [-0.05, 0) is 89.1 Å². The van der Waals surface area contributed by atoms with Crippen molar-refractivity contribution in [2.75, 3.05) is 32.8 Å². The third kappa shape index (κ3) is 12.9. The maximum absolute atomic E-state index is 9.19. The molecule has 0 radical (unpaired) electrons. The summed E-state index contributed by atoms with van der Waals surface area (Å²) in [6.07, 6.45) is 14.6. The van der Waals surface area contributed by atoms with Gasteiger partial charge in [0, 0.05) is 10.9 Å². The molecule has 2 fully saturated rings. The normalized spacial score (nSPS) is 15.2. The molecule has 2 aliphatic rings. The van der Waals surface area contributed by atoms with E-state index >= 15 is 0 Å². The first-order chi connectivity index (χ1) is 27.6. The first-order valence-electron chi connectivity index (χ1n) is 21.2. The number of anilines is 1. The largest absolute Gasteiger partial charge is 0.496 e. The van der Waals surface area contributed by atoms with E-state index in [1.54, 1.807) is 0 Å². The van der Waals surface area contributed by atoms with Gasteiger partial charge in [0.2, 0.25) is 0 Å². The Balaban J connectivity index is 0.000000305. The zero-order valence-corrected chi connectivity index (χ0v) is 39.9. The molecule has 0 aliphatic heterocycles. The summed E-state index contributed by atoms with van der Waals surface area (Å²) in [5.41, 5.74) is 12.4. The first kappa shape index (κ1) is 48.0. The maximum atomic E-state index is 9.19. The minimum atomic E-state index is -3.67. The van der Waals surface area contributed by atoms with E-state index in [4.69, 9.17) is 14.0 Å². The Labute approximate surface area is 363 Å². The van der Waals surface area contributed by atoms with Crippen LogP contribution in [0, 0.1) is 0 Å². The van der Waals surface area contributed by atoms with Crippen LogP contribution in [-0.4, -0.2) is 51.8 Å². The van der Waals surface area contributed by atoms with Gasteiger partial charge in [0.15, 0.2) is 0 Å². The Morgan fingerprint density at radius 2 is 1.12 bits per heavy atom. The van der Waals surface area contributed by atoms with E-state index in [1.165, 1.54) is 108 Å². The summed E-state index contributed by atoms with van der Waals surface area (Å²) < 4.78 is 39.6. The zero-order chi connectivity index (χ0) is 42.6. The molecule has 4 aromatic rings. The molecule has 2 aliphatic carbocycles. The fourth-order valence-corrected chi connectivity index (χ4v) is 13.2. The smallest absolute Gasteiger partial charge is 0.261 e. The topological polar surface area (TPSA) is 84.9 Å². The summed E-state index contributed by atoms with van der Waals surface area (Å²) in [4.78, 5) is 0. The molecule has 58 heavy (non-hydrogen) atoms. The number of ether oxygens (including phenoxy) is 2. The van der Waals surface area contributed by atoms with Crippen molar-refractivity contribution in [3.8, 4) is 33.8 Å². The molecule has 0 atom stereocenters. The van der Waals surface area contributed by atoms with Crippen LogP contribution in [0.5, 0.6) is 11.5 Å². The molecule has 6 nitrogen and oxygen atoms in total. The molecule has 6 rings (SSSR count). The summed E-state index contributed by atoms with van der Waals surface area (Å²) >= 11 is 3.28. The molecule has 0 saturated heterocycles. The van der Waals surface area contributed by atoms with Gasteiger partial charge >= 0.3 is 101 Å². The van der Waals surface area contributed by atoms with Crippen LogP contribution in [-0.2, 0) is 29.3 Å². The number of nitrogens with one attached hydrogen (secondary N) is 1. The second kappa shape index (κ2) is 22.8. The molecule has 9 heteroatoms. The van der Waals surface area contributed by atoms with Gasteiger partial charge < -0.3 is 9.47 Å². The van der Waals surface area contributed by atoms with Crippen LogP contribution in [0.2, 0.25) is 0 Å². The second-order valence-corrected chi connectivity index (χ2v) is 21.7. The Kier molecular flexibility index (Phi) is 18.8. The zero-order valence-electron chi connectivity index (χ0n) is 36.6. The van der Waals surface area contributed by atoms with Crippen molar-refractivity contribution in [2.45, 2.75) is 135 Å². The average Bonchev–Trinajstić information content (AvgIpc) is 3.20. The van der Waals surface area contributed by atoms with Gasteiger partial charge in [0.1, 0.15) is 11.5 Å². The SMILES string of the molecule is CNc1ccccc1-c1cccc[c]1[Pd].COc1ccc(OC)c(P(C2CCCCC2)C2CCCCC2)c1-c1c(C(C)C)cc(C(C)C)cc1C(C)C.CS(=O)(=O)O. The van der Waals surface area contributed by atoms with Crippen LogP contribution in [0.3, 0.4) is 0 Å². The molecular formula is C49H69NO5PPdS. The average molecular weight is 922 g/mol. The number of para-hydroxylation sites is 1. The van der Waals surface area contributed by atoms with Crippen LogP contribution in [0.4, 0.5) is 5.69 Å². The Morgan fingerprint density at radius 1 is 0.672 bits per heavy atom. The standard InChI is InChI=1S/C35H53O2P.C13H12N.CH4O3S.Pd/c1-23(2)26-21-29(24(3)4)33(30(22-26)25(5)6)34-31(36-7)19-20-32(37-8)35(34)38(27-15-11-9-12-16-27)28-17-13-10-14-18-28;1-14-13-10-6-5-9-12(13)11-7-3-2-4-8-11;1-5(2,3)4;/h19-25,27-28H,9-18H2,1-8H3;2-7,9-10,14H,1H3;1H3,(H,2,3,4);. The Bertz CT molecular complexity index is 1960. The summed E-state index contributed by atoms with van der Waals surface area (Å²) in [6.45, 7) is 14.1. The van der Waals surface area contributed by atoms with Crippen molar-refractivity contribution in [2.24, 2.45) is 0 Å². The van der Waals surface area contributed by atoms with E-state index in [-0.39, 0.29) is 7.92 Å². The van der Waals surface area contributed by atoms with Gasteiger partial charge in [0.05, 0.1) is 20.5 Å². The summed E-state index contributed by atoms with van der Waals surface area (Å²) in [5, 5.41) is 4.72. The summed E-state index contributed by atoms with van der Waals surface area (Å²) in [6, 6.07) is 26.0. The number of rotatable bonds is 11.